The normalized spacial score (nSPS) is 12.8. The lowest BCUT2D eigenvalue weighted by atomic mass is 9.85. The van der Waals surface area contributed by atoms with E-state index < -0.39 is 18.0 Å². The zero-order valence-electron chi connectivity index (χ0n) is 12.8. The third-order valence-electron chi connectivity index (χ3n) is 2.92. The van der Waals surface area contributed by atoms with E-state index in [-0.39, 0.29) is 11.8 Å². The second-order valence-electron chi connectivity index (χ2n) is 5.90. The lowest BCUT2D eigenvalue weighted by Crippen LogP contribution is -2.49. The summed E-state index contributed by atoms with van der Waals surface area (Å²) in [6, 6.07) is -0.868. The van der Waals surface area contributed by atoms with E-state index >= 15 is 0 Å². The first-order valence-corrected chi connectivity index (χ1v) is 6.74. The molecule has 0 aromatic carbocycles. The van der Waals surface area contributed by atoms with Crippen molar-refractivity contribution in [3.05, 3.63) is 11.7 Å². The van der Waals surface area contributed by atoms with Crippen LogP contribution in [0.3, 0.4) is 0 Å². The van der Waals surface area contributed by atoms with Crippen LogP contribution in [0.5, 0.6) is 0 Å². The Morgan fingerprint density at radius 2 is 2.05 bits per heavy atom. The van der Waals surface area contributed by atoms with Crippen LogP contribution in [-0.2, 0) is 11.2 Å². The fourth-order valence-corrected chi connectivity index (χ4v) is 1.68. The zero-order valence-corrected chi connectivity index (χ0v) is 12.8. The van der Waals surface area contributed by atoms with Crippen LogP contribution in [0, 0.1) is 12.3 Å². The van der Waals surface area contributed by atoms with Crippen molar-refractivity contribution >= 4 is 12.0 Å². The van der Waals surface area contributed by atoms with Gasteiger partial charge in [0.1, 0.15) is 0 Å². The van der Waals surface area contributed by atoms with Crippen molar-refractivity contribution in [2.75, 3.05) is 6.54 Å². The molecule has 0 saturated carbocycles. The predicted molar refractivity (Wildman–Crippen MR) is 74.8 cm³/mol. The summed E-state index contributed by atoms with van der Waals surface area (Å²) in [5, 5.41) is 17.9. The van der Waals surface area contributed by atoms with E-state index in [1.54, 1.807) is 6.92 Å². The number of carbonyl (C=O) groups is 2. The van der Waals surface area contributed by atoms with Crippen molar-refractivity contribution in [1.29, 1.82) is 0 Å². The van der Waals surface area contributed by atoms with Gasteiger partial charge in [0.25, 0.3) is 0 Å². The second-order valence-corrected chi connectivity index (χ2v) is 5.90. The van der Waals surface area contributed by atoms with E-state index in [1.807, 2.05) is 20.8 Å². The molecule has 118 valence electrons. The smallest absolute Gasteiger partial charge is 0.315 e. The summed E-state index contributed by atoms with van der Waals surface area (Å²) < 4.78 is 4.92. The largest absolute Gasteiger partial charge is 0.481 e. The molecule has 0 aliphatic heterocycles. The highest BCUT2D eigenvalue weighted by Gasteiger charge is 2.28. The van der Waals surface area contributed by atoms with E-state index in [0.717, 1.165) is 0 Å². The Bertz CT molecular complexity index is 493. The number of aryl methyl sites for hydroxylation is 1. The van der Waals surface area contributed by atoms with E-state index in [4.69, 9.17) is 9.63 Å². The summed E-state index contributed by atoms with van der Waals surface area (Å²) >= 11 is 0. The van der Waals surface area contributed by atoms with Crippen LogP contribution in [-0.4, -0.2) is 39.8 Å². The van der Waals surface area contributed by atoms with Crippen LogP contribution in [0.4, 0.5) is 4.79 Å². The van der Waals surface area contributed by atoms with Crippen LogP contribution in [0.1, 0.15) is 38.9 Å². The van der Waals surface area contributed by atoms with E-state index in [1.165, 1.54) is 0 Å². The van der Waals surface area contributed by atoms with E-state index in [9.17, 15) is 9.59 Å². The summed E-state index contributed by atoms with van der Waals surface area (Å²) in [6.07, 6.45) is 0.299. The molecule has 1 unspecified atom stereocenters. The van der Waals surface area contributed by atoms with Gasteiger partial charge in [-0.3, -0.25) is 4.79 Å². The molecule has 1 aromatic heterocycles. The number of rotatable bonds is 6. The highest BCUT2D eigenvalue weighted by Crippen LogP contribution is 2.21. The minimum absolute atomic E-state index is 0.125. The highest BCUT2D eigenvalue weighted by molar-refractivity contribution is 5.75. The molecule has 0 aliphatic carbocycles. The first-order valence-electron chi connectivity index (χ1n) is 6.74. The van der Waals surface area contributed by atoms with Gasteiger partial charge in [0.05, 0.1) is 6.42 Å². The van der Waals surface area contributed by atoms with Gasteiger partial charge >= 0.3 is 12.0 Å². The molecule has 2 amide bonds. The van der Waals surface area contributed by atoms with E-state index in [0.29, 0.717) is 24.7 Å². The van der Waals surface area contributed by atoms with E-state index in [2.05, 4.69) is 20.8 Å². The molecule has 8 heteroatoms. The topological polar surface area (TPSA) is 117 Å². The monoisotopic (exact) mass is 298 g/mol. The Morgan fingerprint density at radius 1 is 1.38 bits per heavy atom. The van der Waals surface area contributed by atoms with Gasteiger partial charge in [-0.25, -0.2) is 4.79 Å². The van der Waals surface area contributed by atoms with Crippen molar-refractivity contribution in [2.24, 2.45) is 5.41 Å². The van der Waals surface area contributed by atoms with Crippen molar-refractivity contribution in [1.82, 2.24) is 20.8 Å². The maximum absolute atomic E-state index is 11.8. The summed E-state index contributed by atoms with van der Waals surface area (Å²) in [7, 11) is 0. The highest BCUT2D eigenvalue weighted by atomic mass is 16.5. The molecule has 8 nitrogen and oxygen atoms in total. The SMILES string of the molecule is Cc1noc(CCNC(=O)NC(CC(=O)O)C(C)(C)C)n1. The molecule has 21 heavy (non-hydrogen) atoms. The third-order valence-corrected chi connectivity index (χ3v) is 2.92. The van der Waals surface area contributed by atoms with Crippen LogP contribution >= 0.6 is 0 Å². The van der Waals surface area contributed by atoms with Gasteiger partial charge in [0.15, 0.2) is 5.82 Å². The fourth-order valence-electron chi connectivity index (χ4n) is 1.68. The van der Waals surface area contributed by atoms with Crippen LogP contribution in [0.2, 0.25) is 0 Å². The van der Waals surface area contributed by atoms with Gasteiger partial charge < -0.3 is 20.3 Å². The number of nitrogens with one attached hydrogen (secondary N) is 2. The number of carboxylic acids is 1. The molecule has 0 fully saturated rings. The molecule has 0 spiro atoms. The van der Waals surface area contributed by atoms with Crippen LogP contribution in [0.25, 0.3) is 0 Å². The first kappa shape index (κ1) is 16.9. The van der Waals surface area contributed by atoms with Crippen LogP contribution < -0.4 is 10.6 Å². The molecule has 1 aromatic rings. The van der Waals surface area contributed by atoms with Gasteiger partial charge in [-0.15, -0.1) is 0 Å². The minimum Gasteiger partial charge on any atom is -0.481 e. The maximum atomic E-state index is 11.8. The number of amides is 2. The van der Waals surface area contributed by atoms with Gasteiger partial charge in [0.2, 0.25) is 5.89 Å². The number of hydrogen-bond acceptors (Lipinski definition) is 5. The Hall–Kier alpha value is -2.12. The second kappa shape index (κ2) is 7.05. The van der Waals surface area contributed by atoms with Gasteiger partial charge in [-0.1, -0.05) is 25.9 Å². The van der Waals surface area contributed by atoms with Crippen molar-refractivity contribution < 1.29 is 19.2 Å². The fraction of sp³-hybridized carbons (Fsp3) is 0.692. The lowest BCUT2D eigenvalue weighted by Gasteiger charge is -2.30. The molecule has 1 heterocycles. The molecule has 0 aliphatic rings. The number of aliphatic carboxylic acids is 1. The molecule has 0 radical (unpaired) electrons. The summed E-state index contributed by atoms with van der Waals surface area (Å²) in [4.78, 5) is 26.7. The summed E-state index contributed by atoms with van der Waals surface area (Å²) in [6.45, 7) is 7.68. The van der Waals surface area contributed by atoms with Crippen molar-refractivity contribution in [3.63, 3.8) is 0 Å². The predicted octanol–water partition coefficient (Wildman–Crippen LogP) is 1.11. The molecular weight excluding hydrogens is 276 g/mol. The maximum Gasteiger partial charge on any atom is 0.315 e. The Labute approximate surface area is 123 Å². The third kappa shape index (κ3) is 6.24. The van der Waals surface area contributed by atoms with Gasteiger partial charge in [-0.05, 0) is 12.3 Å². The quantitative estimate of drug-likeness (QED) is 0.724. The number of hydrogen-bond donors (Lipinski definition) is 3. The lowest BCUT2D eigenvalue weighted by molar-refractivity contribution is -0.138. The van der Waals surface area contributed by atoms with Crippen LogP contribution in [0.15, 0.2) is 4.52 Å². The number of aromatic nitrogens is 2. The van der Waals surface area contributed by atoms with Gasteiger partial charge in [-0.2, -0.15) is 4.98 Å². The van der Waals surface area contributed by atoms with Crippen molar-refractivity contribution in [2.45, 2.75) is 46.6 Å². The Kier molecular flexibility index (Phi) is 5.69. The molecule has 0 saturated heterocycles. The number of carbonyl (C=O) groups excluding carboxylic acids is 1. The Morgan fingerprint density at radius 3 is 2.52 bits per heavy atom. The average Bonchev–Trinajstić information content (AvgIpc) is 2.72. The first-order chi connectivity index (χ1) is 9.68. The number of nitrogens with zero attached hydrogens (tertiary/aromatic N) is 2. The molecule has 0 bridgehead atoms. The van der Waals surface area contributed by atoms with Crippen molar-refractivity contribution in [3.8, 4) is 0 Å². The van der Waals surface area contributed by atoms with Gasteiger partial charge in [0, 0.05) is 19.0 Å². The minimum atomic E-state index is -0.948. The Balaban J connectivity index is 2.41. The summed E-state index contributed by atoms with van der Waals surface area (Å²) in [5.74, 6) is 0.0472. The standard InChI is InChI=1S/C13H22N4O4/c1-8-15-10(21-17-8)5-6-14-12(20)16-9(7-11(18)19)13(2,3)4/h9H,5-7H2,1-4H3,(H,18,19)(H2,14,16,20). The molecular formula is C13H22N4O4. The molecule has 1 atom stereocenters. The molecule has 1 rings (SSSR count). The molecule has 3 N–H and O–H groups in total. The zero-order chi connectivity index (χ0) is 16.0. The number of urea groups is 1. The number of carboxylic acid groups (broad SMARTS) is 1. The average molecular weight is 298 g/mol. The summed E-state index contributed by atoms with van der Waals surface area (Å²) in [5.41, 5.74) is -0.348.